The number of benzene rings is 1. The van der Waals surface area contributed by atoms with E-state index in [2.05, 4.69) is 10.4 Å². The minimum atomic E-state index is -3.45. The third-order valence-electron chi connectivity index (χ3n) is 5.01. The average molecular weight is 391 g/mol. The Kier molecular flexibility index (Phi) is 5.67. The molecule has 1 aromatic heterocycles. The smallest absolute Gasteiger partial charge is 0.243 e. The Bertz CT molecular complexity index is 901. The molecule has 0 saturated heterocycles. The standard InChI is InChI=1S/C19H26N4O3S/c1-4-23(5-2)27(25,26)16-8-6-14(7-9-16)11-20-19(24)18-10-17(18)15-12-21-22(3)13-15/h6-9,12-13,17-18H,4-5,10-11H2,1-3H3,(H,20,24). The number of rotatable bonds is 8. The lowest BCUT2D eigenvalue weighted by molar-refractivity contribution is -0.122. The number of nitrogens with one attached hydrogen (secondary N) is 1. The van der Waals surface area contributed by atoms with Crippen LogP contribution in [0.15, 0.2) is 41.6 Å². The van der Waals surface area contributed by atoms with E-state index in [9.17, 15) is 13.2 Å². The van der Waals surface area contributed by atoms with E-state index in [1.165, 1.54) is 4.31 Å². The van der Waals surface area contributed by atoms with Crippen molar-refractivity contribution in [1.29, 1.82) is 0 Å². The van der Waals surface area contributed by atoms with E-state index in [0.29, 0.717) is 19.6 Å². The summed E-state index contributed by atoms with van der Waals surface area (Å²) in [6.45, 7) is 4.91. The molecular formula is C19H26N4O3S. The molecule has 1 aromatic carbocycles. The number of hydrogen-bond donors (Lipinski definition) is 1. The van der Waals surface area contributed by atoms with Crippen molar-refractivity contribution in [2.75, 3.05) is 13.1 Å². The van der Waals surface area contributed by atoms with Gasteiger partial charge in [0.15, 0.2) is 0 Å². The molecule has 2 unspecified atom stereocenters. The zero-order valence-corrected chi connectivity index (χ0v) is 16.7. The summed E-state index contributed by atoms with van der Waals surface area (Å²) in [6, 6.07) is 6.71. The van der Waals surface area contributed by atoms with Crippen LogP contribution in [0.3, 0.4) is 0 Å². The van der Waals surface area contributed by atoms with Crippen LogP contribution in [0.2, 0.25) is 0 Å². The lowest BCUT2D eigenvalue weighted by atomic mass is 10.2. The Morgan fingerprint density at radius 1 is 1.26 bits per heavy atom. The summed E-state index contributed by atoms with van der Waals surface area (Å²) >= 11 is 0. The summed E-state index contributed by atoms with van der Waals surface area (Å²) in [5.41, 5.74) is 1.98. The van der Waals surface area contributed by atoms with Crippen LogP contribution < -0.4 is 5.32 Å². The Balaban J connectivity index is 1.56. The monoisotopic (exact) mass is 390 g/mol. The molecule has 0 aliphatic heterocycles. The molecular weight excluding hydrogens is 364 g/mol. The van der Waals surface area contributed by atoms with Crippen molar-refractivity contribution >= 4 is 15.9 Å². The lowest BCUT2D eigenvalue weighted by Gasteiger charge is -2.18. The number of aromatic nitrogens is 2. The van der Waals surface area contributed by atoms with Crippen LogP contribution in [0.5, 0.6) is 0 Å². The van der Waals surface area contributed by atoms with Gasteiger partial charge in [-0.05, 0) is 35.6 Å². The predicted molar refractivity (Wildman–Crippen MR) is 102 cm³/mol. The summed E-state index contributed by atoms with van der Waals surface area (Å²) in [6.07, 6.45) is 4.61. The number of aryl methyl sites for hydroxylation is 1. The maximum absolute atomic E-state index is 12.5. The molecule has 8 heteroatoms. The molecule has 3 rings (SSSR count). The third kappa shape index (κ3) is 4.22. The van der Waals surface area contributed by atoms with Crippen molar-refractivity contribution < 1.29 is 13.2 Å². The Morgan fingerprint density at radius 3 is 2.48 bits per heavy atom. The number of nitrogens with zero attached hydrogens (tertiary/aromatic N) is 3. The van der Waals surface area contributed by atoms with E-state index in [1.807, 2.05) is 33.3 Å². The van der Waals surface area contributed by atoms with Gasteiger partial charge >= 0.3 is 0 Å². The van der Waals surface area contributed by atoms with Crippen LogP contribution in [-0.2, 0) is 28.4 Å². The second-order valence-electron chi connectivity index (χ2n) is 6.85. The van der Waals surface area contributed by atoms with Gasteiger partial charge in [-0.1, -0.05) is 26.0 Å². The van der Waals surface area contributed by atoms with Crippen LogP contribution in [0, 0.1) is 5.92 Å². The van der Waals surface area contributed by atoms with E-state index < -0.39 is 10.0 Å². The summed E-state index contributed by atoms with van der Waals surface area (Å²) < 4.78 is 28.2. The van der Waals surface area contributed by atoms with Crippen molar-refractivity contribution in [3.63, 3.8) is 0 Å². The lowest BCUT2D eigenvalue weighted by Crippen LogP contribution is -2.30. The fourth-order valence-electron chi connectivity index (χ4n) is 3.30. The second kappa shape index (κ2) is 7.82. The van der Waals surface area contributed by atoms with Gasteiger partial charge in [0.2, 0.25) is 15.9 Å². The molecule has 1 fully saturated rings. The van der Waals surface area contributed by atoms with Gasteiger partial charge in [0.25, 0.3) is 0 Å². The summed E-state index contributed by atoms with van der Waals surface area (Å²) in [5.74, 6) is 0.278. The predicted octanol–water partition coefficient (Wildman–Crippen LogP) is 1.87. The topological polar surface area (TPSA) is 84.3 Å². The summed E-state index contributed by atoms with van der Waals surface area (Å²) in [4.78, 5) is 12.6. The van der Waals surface area contributed by atoms with E-state index >= 15 is 0 Å². The molecule has 1 heterocycles. The van der Waals surface area contributed by atoms with Gasteiger partial charge in [0, 0.05) is 38.8 Å². The summed E-state index contributed by atoms with van der Waals surface area (Å²) in [7, 11) is -1.58. The molecule has 1 aliphatic rings. The van der Waals surface area contributed by atoms with Gasteiger partial charge < -0.3 is 5.32 Å². The molecule has 27 heavy (non-hydrogen) atoms. The molecule has 1 N–H and O–H groups in total. The molecule has 1 saturated carbocycles. The third-order valence-corrected chi connectivity index (χ3v) is 7.08. The fraction of sp³-hybridized carbons (Fsp3) is 0.474. The van der Waals surface area contributed by atoms with Crippen molar-refractivity contribution in [2.45, 2.75) is 37.6 Å². The molecule has 7 nitrogen and oxygen atoms in total. The van der Waals surface area contributed by atoms with Gasteiger partial charge in [-0.15, -0.1) is 0 Å². The number of sulfonamides is 1. The Labute approximate surface area is 160 Å². The highest BCUT2D eigenvalue weighted by Crippen LogP contribution is 2.47. The minimum Gasteiger partial charge on any atom is -0.352 e. The number of hydrogen-bond acceptors (Lipinski definition) is 4. The first-order valence-electron chi connectivity index (χ1n) is 9.22. The van der Waals surface area contributed by atoms with E-state index in [4.69, 9.17) is 0 Å². The maximum atomic E-state index is 12.5. The second-order valence-corrected chi connectivity index (χ2v) is 8.79. The highest BCUT2D eigenvalue weighted by Gasteiger charge is 2.44. The molecule has 0 radical (unpaired) electrons. The summed E-state index contributed by atoms with van der Waals surface area (Å²) in [5, 5.41) is 7.09. The zero-order chi connectivity index (χ0) is 19.6. The molecule has 0 spiro atoms. The Hall–Kier alpha value is -2.19. The van der Waals surface area contributed by atoms with Gasteiger partial charge in [0.05, 0.1) is 11.1 Å². The minimum absolute atomic E-state index is 0.00322. The fourth-order valence-corrected chi connectivity index (χ4v) is 4.75. The largest absolute Gasteiger partial charge is 0.352 e. The first-order chi connectivity index (χ1) is 12.9. The molecule has 1 amide bonds. The van der Waals surface area contributed by atoms with Gasteiger partial charge in [-0.25, -0.2) is 8.42 Å². The Morgan fingerprint density at radius 2 is 1.93 bits per heavy atom. The average Bonchev–Trinajstić information content (AvgIpc) is 3.34. The van der Waals surface area contributed by atoms with E-state index in [0.717, 1.165) is 17.5 Å². The maximum Gasteiger partial charge on any atom is 0.243 e. The normalized spacial score (nSPS) is 19.3. The molecule has 2 aromatic rings. The quantitative estimate of drug-likeness (QED) is 0.746. The highest BCUT2D eigenvalue weighted by molar-refractivity contribution is 7.89. The highest BCUT2D eigenvalue weighted by atomic mass is 32.2. The molecule has 1 aliphatic carbocycles. The van der Waals surface area contributed by atoms with Crippen LogP contribution in [0.4, 0.5) is 0 Å². The first kappa shape index (κ1) is 19.6. The number of carbonyl (C=O) groups excluding carboxylic acids is 1. The van der Waals surface area contributed by atoms with Gasteiger partial charge in [-0.2, -0.15) is 9.40 Å². The van der Waals surface area contributed by atoms with Gasteiger partial charge in [0.1, 0.15) is 0 Å². The SMILES string of the molecule is CCN(CC)S(=O)(=O)c1ccc(CNC(=O)C2CC2c2cnn(C)c2)cc1. The van der Waals surface area contributed by atoms with Crippen molar-refractivity contribution in [3.05, 3.63) is 47.8 Å². The molecule has 0 bridgehead atoms. The molecule has 146 valence electrons. The van der Waals surface area contributed by atoms with E-state index in [1.54, 1.807) is 28.9 Å². The number of amides is 1. The van der Waals surface area contributed by atoms with Crippen LogP contribution >= 0.6 is 0 Å². The van der Waals surface area contributed by atoms with Crippen LogP contribution in [-0.4, -0.2) is 41.5 Å². The van der Waals surface area contributed by atoms with Crippen molar-refractivity contribution in [1.82, 2.24) is 19.4 Å². The zero-order valence-electron chi connectivity index (χ0n) is 15.9. The molecule has 2 atom stereocenters. The first-order valence-corrected chi connectivity index (χ1v) is 10.7. The van der Waals surface area contributed by atoms with E-state index in [-0.39, 0.29) is 22.6 Å². The number of carbonyl (C=O) groups is 1. The van der Waals surface area contributed by atoms with Crippen molar-refractivity contribution in [3.8, 4) is 0 Å². The van der Waals surface area contributed by atoms with Crippen LogP contribution in [0.25, 0.3) is 0 Å². The van der Waals surface area contributed by atoms with Gasteiger partial charge in [-0.3, -0.25) is 9.48 Å². The van der Waals surface area contributed by atoms with Crippen molar-refractivity contribution in [2.24, 2.45) is 13.0 Å². The van der Waals surface area contributed by atoms with Crippen LogP contribution in [0.1, 0.15) is 37.3 Å².